The number of rotatable bonds is 6. The van der Waals surface area contributed by atoms with Crippen LogP contribution in [-0.4, -0.2) is 22.1 Å². The number of halogens is 4. The van der Waals surface area contributed by atoms with E-state index in [1.165, 1.54) is 23.1 Å². The first-order valence-electron chi connectivity index (χ1n) is 28.7. The fraction of sp³-hybridized carbons (Fsp3) is 0.108. The normalized spacial score (nSPS) is 19.7. The van der Waals surface area contributed by atoms with E-state index in [2.05, 4.69) is 113 Å². The Hall–Kier alpha value is -9.60. The molecule has 2 atom stereocenters. The molecule has 92 heavy (non-hydrogen) atoms. The van der Waals surface area contributed by atoms with Crippen molar-refractivity contribution in [2.45, 2.75) is 49.4 Å². The third kappa shape index (κ3) is 8.21. The molecule has 16 rings (SSSR count). The van der Waals surface area contributed by atoms with Crippen molar-refractivity contribution in [1.29, 1.82) is 10.5 Å². The minimum atomic E-state index is -1.29. The summed E-state index contributed by atoms with van der Waals surface area (Å²) in [6.07, 6.45) is 5.34. The molecule has 10 aromatic rings. The lowest BCUT2D eigenvalue weighted by atomic mass is 9.76. The topological polar surface area (TPSA) is 109 Å². The van der Waals surface area contributed by atoms with Gasteiger partial charge in [0.15, 0.2) is 57.5 Å². The molecule has 18 heteroatoms. The van der Waals surface area contributed by atoms with Gasteiger partial charge in [-0.1, -0.05) is 125 Å². The number of ketones is 2. The second kappa shape index (κ2) is 21.0. The van der Waals surface area contributed by atoms with Crippen LogP contribution in [0.5, 0.6) is 11.5 Å². The highest BCUT2D eigenvalue weighted by atomic mass is 32.2. The van der Waals surface area contributed by atoms with Gasteiger partial charge in [0, 0.05) is 91.4 Å². The number of nitriles is 2. The van der Waals surface area contributed by atoms with Gasteiger partial charge < -0.3 is 9.47 Å². The average Bonchev–Trinajstić information content (AvgIpc) is 1.50. The lowest BCUT2D eigenvalue weighted by Crippen LogP contribution is -2.42. The van der Waals surface area contributed by atoms with E-state index < -0.39 is 57.4 Å². The maximum absolute atomic E-state index is 14.9. The SMILES string of the molecule is [C-]#[N+]C(C#N)=C1/C(=C/c2cc3sc4c(c3s2)C(c2ccc(C)cc2)(c2ccc(C)cc2)Oc2c-4sc3c4c(sc23)C2=C(C3SC(/C=C5\C(=O)c6cc(F)c(F)cc6\C5=C(\C#N)[N+]#[C-])=CC3S2)C(c2ccc(C)cc2)(c2ccc(C)cc2)O4)C(=O)c2cc(F)c(F)cc21. The van der Waals surface area contributed by atoms with Gasteiger partial charge >= 0.3 is 0 Å². The lowest BCUT2D eigenvalue weighted by molar-refractivity contribution is 0.103. The molecule has 6 aliphatic rings. The summed E-state index contributed by atoms with van der Waals surface area (Å²) in [7, 11) is 0. The van der Waals surface area contributed by atoms with E-state index in [1.54, 1.807) is 57.9 Å². The summed E-state index contributed by atoms with van der Waals surface area (Å²) in [6.45, 7) is 23.9. The fourth-order valence-corrected chi connectivity index (χ4v) is 22.2. The first-order valence-corrected chi connectivity index (χ1v) is 33.7. The van der Waals surface area contributed by atoms with E-state index in [9.17, 15) is 37.7 Å². The Kier molecular flexibility index (Phi) is 13.1. The summed E-state index contributed by atoms with van der Waals surface area (Å²) in [6, 6.07) is 42.5. The van der Waals surface area contributed by atoms with Gasteiger partial charge in [-0.3, -0.25) is 9.59 Å². The molecule has 0 N–H and O–H groups in total. The van der Waals surface area contributed by atoms with Crippen molar-refractivity contribution < 1.29 is 36.6 Å². The Morgan fingerprint density at radius 3 is 1.45 bits per heavy atom. The van der Waals surface area contributed by atoms with Crippen LogP contribution in [0, 0.1) is 86.8 Å². The minimum Gasteiger partial charge on any atom is -0.470 e. The van der Waals surface area contributed by atoms with E-state index in [1.807, 2.05) is 45.9 Å². The summed E-state index contributed by atoms with van der Waals surface area (Å²) < 4.78 is 78.9. The number of thioether (sulfide) groups is 2. The van der Waals surface area contributed by atoms with Crippen molar-refractivity contribution in [2.75, 3.05) is 0 Å². The van der Waals surface area contributed by atoms with Crippen LogP contribution in [0.1, 0.15) is 91.7 Å². The largest absolute Gasteiger partial charge is 0.470 e. The highest BCUT2D eigenvalue weighted by Crippen LogP contribution is 2.71. The number of thiophene rings is 4. The zero-order valence-electron chi connectivity index (χ0n) is 48.4. The number of allylic oxidation sites excluding steroid dienone is 7. The molecule has 6 aromatic carbocycles. The first-order chi connectivity index (χ1) is 44.5. The molecule has 0 saturated carbocycles. The molecule has 0 bridgehead atoms. The predicted octanol–water partition coefficient (Wildman–Crippen LogP) is 20.0. The standard InChI is InChI=1S/C74H38F4N4O4S6/c1-33-7-15-37(16-8-33)73(38-17-9-34(2)10-18-38)59-65-55(25-41(87-65)23-47-57(53(31-79)81-5)43-27-49(75)51(77)29-45(43)61(47)83)89-67(59)69-63(85-73)71-72(91-69)64-70(92-71)68-60(74(86-64,39-19-11-35(3)12-20-39)40-21-13-36(4)14-22-40)66-56(90-68)26-42(88-66)24-48-58(54(32-80)82-6)44-28-50(76)52(78)30-46(44)62(48)84/h7-30,55,65H,1-4H3/b47-23-,48-24-,57-53+,58-54?. The fourth-order valence-electron chi connectivity index (χ4n) is 13.4. The second-order valence-electron chi connectivity index (χ2n) is 23.1. The zero-order chi connectivity index (χ0) is 63.5. The van der Waals surface area contributed by atoms with Gasteiger partial charge in [-0.2, -0.15) is 0 Å². The number of carbonyl (C=O) groups is 2. The van der Waals surface area contributed by atoms with Gasteiger partial charge in [-0.15, -0.1) is 68.9 Å². The van der Waals surface area contributed by atoms with Crippen LogP contribution in [0.15, 0.2) is 173 Å². The molecule has 8 nitrogen and oxygen atoms in total. The zero-order valence-corrected chi connectivity index (χ0v) is 53.3. The van der Waals surface area contributed by atoms with Crippen LogP contribution in [0.3, 0.4) is 0 Å². The molecule has 442 valence electrons. The molecule has 8 heterocycles. The van der Waals surface area contributed by atoms with Crippen molar-refractivity contribution in [3.63, 3.8) is 0 Å². The number of hydrogen-bond acceptors (Lipinski definition) is 12. The van der Waals surface area contributed by atoms with Crippen LogP contribution in [-0.2, 0) is 11.2 Å². The number of nitrogens with zero attached hydrogens (tertiary/aromatic N) is 4. The lowest BCUT2D eigenvalue weighted by Gasteiger charge is -2.42. The smallest absolute Gasteiger partial charge is 0.270 e. The van der Waals surface area contributed by atoms with E-state index in [0.29, 0.717) is 21.3 Å². The summed E-state index contributed by atoms with van der Waals surface area (Å²) in [5, 5.41) is 19.8. The Balaban J connectivity index is 0.904. The van der Waals surface area contributed by atoms with Gasteiger partial charge in [0.2, 0.25) is 0 Å². The van der Waals surface area contributed by atoms with Gasteiger partial charge in [-0.25, -0.2) is 37.8 Å². The van der Waals surface area contributed by atoms with Crippen molar-refractivity contribution in [3.8, 4) is 33.4 Å². The third-order valence-corrected chi connectivity index (χ3v) is 25.6. The van der Waals surface area contributed by atoms with E-state index in [-0.39, 0.29) is 55.0 Å². The molecular weight excluding hydrogens is 1280 g/mol. The first kappa shape index (κ1) is 57.6. The molecule has 4 aliphatic heterocycles. The van der Waals surface area contributed by atoms with Crippen LogP contribution in [0.4, 0.5) is 17.6 Å². The summed E-state index contributed by atoms with van der Waals surface area (Å²) in [4.78, 5) is 40.5. The molecule has 0 radical (unpaired) electrons. The average molecular weight is 1320 g/mol. The van der Waals surface area contributed by atoms with Crippen LogP contribution in [0.25, 0.3) is 60.4 Å². The molecule has 2 unspecified atom stereocenters. The minimum absolute atomic E-state index is 0.00620. The molecule has 0 spiro atoms. The van der Waals surface area contributed by atoms with Crippen molar-refractivity contribution in [2.24, 2.45) is 0 Å². The van der Waals surface area contributed by atoms with Gasteiger partial charge in [0.05, 0.1) is 59.3 Å². The Bertz CT molecular complexity index is 5350. The van der Waals surface area contributed by atoms with E-state index in [0.717, 1.165) is 118 Å². The number of hydrogen-bond donors (Lipinski definition) is 0. The highest BCUT2D eigenvalue weighted by molar-refractivity contribution is 8.12. The van der Waals surface area contributed by atoms with E-state index in [4.69, 9.17) is 22.6 Å². The van der Waals surface area contributed by atoms with Gasteiger partial charge in [-0.05, 0) is 81.3 Å². The Morgan fingerprint density at radius 2 is 0.967 bits per heavy atom. The molecule has 0 amide bonds. The van der Waals surface area contributed by atoms with Gasteiger partial charge in [0.1, 0.15) is 0 Å². The molecular formula is C74H38F4N4O4S6. The number of fused-ring (bicyclic) bond motifs is 14. The second-order valence-corrected chi connectivity index (χ2v) is 29.7. The number of aryl methyl sites for hydroxylation is 4. The molecule has 0 saturated heterocycles. The predicted molar refractivity (Wildman–Crippen MR) is 359 cm³/mol. The van der Waals surface area contributed by atoms with Crippen molar-refractivity contribution in [1.82, 2.24) is 0 Å². The van der Waals surface area contributed by atoms with Crippen molar-refractivity contribution in [3.05, 3.63) is 301 Å². The molecule has 2 aliphatic carbocycles. The van der Waals surface area contributed by atoms with Gasteiger partial charge in [0.25, 0.3) is 11.4 Å². The van der Waals surface area contributed by atoms with Crippen LogP contribution < -0.4 is 9.47 Å². The summed E-state index contributed by atoms with van der Waals surface area (Å²) in [5.74, 6) is -4.72. The van der Waals surface area contributed by atoms with Crippen molar-refractivity contribution >= 4 is 121 Å². The Morgan fingerprint density at radius 1 is 0.533 bits per heavy atom. The van der Waals surface area contributed by atoms with Crippen LogP contribution in [0.2, 0.25) is 0 Å². The molecule has 0 fully saturated rings. The quantitative estimate of drug-likeness (QED) is 0.0701. The maximum Gasteiger partial charge on any atom is 0.270 e. The number of benzene rings is 6. The number of carbonyl (C=O) groups excluding carboxylic acids is 2. The monoisotopic (exact) mass is 1310 g/mol. The highest BCUT2D eigenvalue weighted by Gasteiger charge is 2.58. The Labute approximate surface area is 548 Å². The third-order valence-electron chi connectivity index (χ3n) is 17.6. The summed E-state index contributed by atoms with van der Waals surface area (Å²) in [5.41, 5.74) is 5.78. The number of Topliss-reactive ketones (excluding diaryl/α,β-unsaturated/α-hetero) is 2. The van der Waals surface area contributed by atoms with Crippen LogP contribution >= 0.6 is 68.9 Å². The summed E-state index contributed by atoms with van der Waals surface area (Å²) >= 11 is 9.43. The maximum atomic E-state index is 14.9. The molecule has 4 aromatic heterocycles. The number of ether oxygens (including phenoxy) is 2. The van der Waals surface area contributed by atoms with E-state index >= 15 is 0 Å².